The molecular weight excluding hydrogens is 297 g/mol. The van der Waals surface area contributed by atoms with Crippen molar-refractivity contribution in [2.45, 2.75) is 19.6 Å². The fraction of sp³-hybridized carbons (Fsp3) is 0.278. The van der Waals surface area contributed by atoms with Crippen LogP contribution in [0.1, 0.15) is 12.5 Å². The Morgan fingerprint density at radius 2 is 1.65 bits per heavy atom. The second-order valence-electron chi connectivity index (χ2n) is 5.26. The number of nitrogens with zero attached hydrogens (tertiary/aromatic N) is 1. The van der Waals surface area contributed by atoms with Crippen molar-refractivity contribution < 1.29 is 18.7 Å². The lowest BCUT2D eigenvalue weighted by atomic mass is 10.2. The highest BCUT2D eigenvalue weighted by Gasteiger charge is 2.19. The monoisotopic (exact) mass is 317 g/mol. The van der Waals surface area contributed by atoms with Gasteiger partial charge in [0.1, 0.15) is 17.3 Å². The summed E-state index contributed by atoms with van der Waals surface area (Å²) < 4.78 is 23.5. The van der Waals surface area contributed by atoms with E-state index < -0.39 is 6.10 Å². The molecule has 0 N–H and O–H groups in total. The summed E-state index contributed by atoms with van der Waals surface area (Å²) >= 11 is 0. The lowest BCUT2D eigenvalue weighted by Crippen LogP contribution is -2.37. The Bertz CT molecular complexity index is 640. The van der Waals surface area contributed by atoms with Gasteiger partial charge < -0.3 is 14.4 Å². The molecule has 0 saturated carbocycles. The molecule has 2 aromatic rings. The van der Waals surface area contributed by atoms with Gasteiger partial charge in [-0.2, -0.15) is 0 Å². The zero-order valence-corrected chi connectivity index (χ0v) is 13.5. The van der Waals surface area contributed by atoms with E-state index in [9.17, 15) is 9.18 Å². The van der Waals surface area contributed by atoms with Crippen molar-refractivity contribution in [2.24, 2.45) is 0 Å². The number of ether oxygens (including phenoxy) is 2. The molecule has 2 aromatic carbocycles. The fourth-order valence-corrected chi connectivity index (χ4v) is 2.16. The first-order chi connectivity index (χ1) is 11.0. The summed E-state index contributed by atoms with van der Waals surface area (Å²) in [6, 6.07) is 13.1. The van der Waals surface area contributed by atoms with Gasteiger partial charge in [-0.3, -0.25) is 4.79 Å². The molecule has 0 bridgehead atoms. The Balaban J connectivity index is 1.93. The van der Waals surface area contributed by atoms with Crippen molar-refractivity contribution in [3.8, 4) is 11.5 Å². The average Bonchev–Trinajstić information content (AvgIpc) is 2.56. The van der Waals surface area contributed by atoms with Crippen molar-refractivity contribution in [2.75, 3.05) is 14.2 Å². The van der Waals surface area contributed by atoms with Crippen LogP contribution in [0.15, 0.2) is 48.5 Å². The minimum atomic E-state index is -0.649. The smallest absolute Gasteiger partial charge is 0.263 e. The summed E-state index contributed by atoms with van der Waals surface area (Å²) in [5, 5.41) is 0. The highest BCUT2D eigenvalue weighted by Crippen LogP contribution is 2.15. The fourth-order valence-electron chi connectivity index (χ4n) is 2.16. The summed E-state index contributed by atoms with van der Waals surface area (Å²) in [4.78, 5) is 13.9. The normalized spacial score (nSPS) is 11.7. The second kappa shape index (κ2) is 7.63. The van der Waals surface area contributed by atoms with Crippen molar-refractivity contribution in [3.63, 3.8) is 0 Å². The van der Waals surface area contributed by atoms with Crippen molar-refractivity contribution in [1.82, 2.24) is 4.90 Å². The van der Waals surface area contributed by atoms with Gasteiger partial charge in [0, 0.05) is 13.6 Å². The van der Waals surface area contributed by atoms with Gasteiger partial charge in [0.2, 0.25) is 0 Å². The van der Waals surface area contributed by atoms with Gasteiger partial charge in [-0.05, 0) is 48.9 Å². The third-order valence-corrected chi connectivity index (χ3v) is 3.43. The predicted molar refractivity (Wildman–Crippen MR) is 86.0 cm³/mol. The Labute approximate surface area is 135 Å². The number of benzene rings is 2. The number of likely N-dealkylation sites (N-methyl/N-ethyl adjacent to an activating group) is 1. The van der Waals surface area contributed by atoms with Crippen LogP contribution in [0.2, 0.25) is 0 Å². The Hall–Kier alpha value is -2.56. The number of hydrogen-bond acceptors (Lipinski definition) is 3. The Morgan fingerprint density at radius 1 is 1.09 bits per heavy atom. The highest BCUT2D eigenvalue weighted by atomic mass is 19.1. The van der Waals surface area contributed by atoms with Gasteiger partial charge in [0.25, 0.3) is 5.91 Å². The van der Waals surface area contributed by atoms with Crippen LogP contribution in [0.3, 0.4) is 0 Å². The van der Waals surface area contributed by atoms with Crippen LogP contribution >= 0.6 is 0 Å². The molecule has 1 atom stereocenters. The maximum Gasteiger partial charge on any atom is 0.263 e. The number of rotatable bonds is 6. The molecule has 122 valence electrons. The topological polar surface area (TPSA) is 38.8 Å². The molecular formula is C18H20FNO3. The zero-order valence-electron chi connectivity index (χ0n) is 13.5. The first kappa shape index (κ1) is 16.8. The number of amides is 1. The molecule has 0 fully saturated rings. The van der Waals surface area contributed by atoms with Crippen LogP contribution in [0, 0.1) is 5.82 Å². The number of hydrogen-bond donors (Lipinski definition) is 0. The molecule has 0 spiro atoms. The summed E-state index contributed by atoms with van der Waals surface area (Å²) in [6.07, 6.45) is -0.649. The molecule has 23 heavy (non-hydrogen) atoms. The van der Waals surface area contributed by atoms with Gasteiger partial charge >= 0.3 is 0 Å². The second-order valence-corrected chi connectivity index (χ2v) is 5.26. The van der Waals surface area contributed by atoms with Gasteiger partial charge in [0.15, 0.2) is 6.10 Å². The van der Waals surface area contributed by atoms with E-state index >= 15 is 0 Å². The van der Waals surface area contributed by atoms with Gasteiger partial charge in [-0.15, -0.1) is 0 Å². The average molecular weight is 317 g/mol. The molecule has 5 heteroatoms. The number of carbonyl (C=O) groups is 1. The van der Waals surface area contributed by atoms with E-state index in [1.54, 1.807) is 26.0 Å². The third-order valence-electron chi connectivity index (χ3n) is 3.43. The summed E-state index contributed by atoms with van der Waals surface area (Å²) in [5.74, 6) is 0.749. The van der Waals surface area contributed by atoms with E-state index in [1.165, 1.54) is 24.3 Å². The van der Waals surface area contributed by atoms with Crippen LogP contribution < -0.4 is 9.47 Å². The summed E-state index contributed by atoms with van der Waals surface area (Å²) in [5.41, 5.74) is 0.996. The molecule has 0 saturated heterocycles. The van der Waals surface area contributed by atoms with E-state index in [2.05, 4.69) is 0 Å². The molecule has 0 heterocycles. The maximum atomic E-state index is 12.9. The largest absolute Gasteiger partial charge is 0.497 e. The van der Waals surface area contributed by atoms with Gasteiger partial charge in [-0.1, -0.05) is 12.1 Å². The van der Waals surface area contributed by atoms with Crippen LogP contribution in [0.4, 0.5) is 4.39 Å². The van der Waals surface area contributed by atoms with Crippen molar-refractivity contribution in [1.29, 1.82) is 0 Å². The molecule has 0 aliphatic heterocycles. The Kier molecular flexibility index (Phi) is 5.57. The van der Waals surface area contributed by atoms with Crippen molar-refractivity contribution in [3.05, 3.63) is 59.9 Å². The van der Waals surface area contributed by atoms with Crippen LogP contribution in [0.25, 0.3) is 0 Å². The molecule has 2 rings (SSSR count). The summed E-state index contributed by atoms with van der Waals surface area (Å²) in [6.45, 7) is 2.15. The molecule has 0 aliphatic rings. The van der Waals surface area contributed by atoms with Crippen LogP contribution in [-0.4, -0.2) is 31.1 Å². The lowest BCUT2D eigenvalue weighted by molar-refractivity contribution is -0.137. The van der Waals surface area contributed by atoms with E-state index in [0.29, 0.717) is 12.3 Å². The third kappa shape index (κ3) is 4.71. The van der Waals surface area contributed by atoms with Crippen LogP contribution in [-0.2, 0) is 11.3 Å². The first-order valence-corrected chi connectivity index (χ1v) is 7.29. The molecule has 0 radical (unpaired) electrons. The van der Waals surface area contributed by atoms with Crippen molar-refractivity contribution >= 4 is 5.91 Å². The highest BCUT2D eigenvalue weighted by molar-refractivity contribution is 5.80. The predicted octanol–water partition coefficient (Wildman–Crippen LogP) is 3.26. The minimum absolute atomic E-state index is 0.148. The van der Waals surface area contributed by atoms with Gasteiger partial charge in [-0.25, -0.2) is 4.39 Å². The minimum Gasteiger partial charge on any atom is -0.497 e. The van der Waals surface area contributed by atoms with E-state index in [-0.39, 0.29) is 11.7 Å². The number of carbonyl (C=O) groups excluding carboxylic acids is 1. The molecule has 1 amide bonds. The molecule has 4 nitrogen and oxygen atoms in total. The Morgan fingerprint density at radius 3 is 2.22 bits per heavy atom. The SMILES string of the molecule is COc1ccc(CN(C)C(=O)C(C)Oc2ccc(F)cc2)cc1. The standard InChI is InChI=1S/C18H20FNO3/c1-13(23-17-10-6-15(19)7-11-17)18(21)20(2)12-14-4-8-16(22-3)9-5-14/h4-11,13H,12H2,1-3H3. The molecule has 0 aromatic heterocycles. The van der Waals surface area contributed by atoms with E-state index in [4.69, 9.17) is 9.47 Å². The molecule has 1 unspecified atom stereocenters. The number of methoxy groups -OCH3 is 1. The lowest BCUT2D eigenvalue weighted by Gasteiger charge is -2.22. The number of halogens is 1. The molecule has 0 aliphatic carbocycles. The summed E-state index contributed by atoms with van der Waals surface area (Å²) in [7, 11) is 3.33. The van der Waals surface area contributed by atoms with E-state index in [0.717, 1.165) is 11.3 Å². The van der Waals surface area contributed by atoms with Crippen LogP contribution in [0.5, 0.6) is 11.5 Å². The quantitative estimate of drug-likeness (QED) is 0.821. The maximum absolute atomic E-state index is 12.9. The van der Waals surface area contributed by atoms with Gasteiger partial charge in [0.05, 0.1) is 7.11 Å². The first-order valence-electron chi connectivity index (χ1n) is 7.29. The van der Waals surface area contributed by atoms with E-state index in [1.807, 2.05) is 24.3 Å². The zero-order chi connectivity index (χ0) is 16.8.